The smallest absolute Gasteiger partial charge is 0.238 e. The number of fused-ring (bicyclic) bond motifs is 7. The van der Waals surface area contributed by atoms with Crippen LogP contribution in [0.1, 0.15) is 99.8 Å². The number of hydrogen-bond acceptors (Lipinski definition) is 4. The predicted molar refractivity (Wildman–Crippen MR) is 149 cm³/mol. The molecule has 0 radical (unpaired) electrons. The summed E-state index contributed by atoms with van der Waals surface area (Å²) in [6.45, 7) is 16.5. The Morgan fingerprint density at radius 3 is 2.29 bits per heavy atom. The molecule has 208 valence electrons. The Hall–Kier alpha value is -2.01. The number of amides is 1. The third-order valence-electron chi connectivity index (χ3n) is 12.5. The summed E-state index contributed by atoms with van der Waals surface area (Å²) in [5.74, 6) is -0.293. The Kier molecular flexibility index (Phi) is 6.16. The summed E-state index contributed by atoms with van der Waals surface area (Å²) in [6, 6.07) is 0. The van der Waals surface area contributed by atoms with Gasteiger partial charge in [0.15, 0.2) is 5.60 Å². The van der Waals surface area contributed by atoms with Gasteiger partial charge in [-0.3, -0.25) is 14.4 Å². The van der Waals surface area contributed by atoms with E-state index in [0.29, 0.717) is 5.92 Å². The van der Waals surface area contributed by atoms with E-state index in [1.807, 2.05) is 0 Å². The van der Waals surface area contributed by atoms with Crippen molar-refractivity contribution in [1.82, 2.24) is 5.32 Å². The molecule has 5 aliphatic rings. The second-order valence-corrected chi connectivity index (χ2v) is 14.5. The predicted octanol–water partition coefficient (Wildman–Crippen LogP) is 6.28. The van der Waals surface area contributed by atoms with Crippen molar-refractivity contribution in [2.75, 3.05) is 13.7 Å². The molecule has 3 fully saturated rings. The van der Waals surface area contributed by atoms with Gasteiger partial charge in [-0.2, -0.15) is 0 Å². The van der Waals surface area contributed by atoms with E-state index in [4.69, 9.17) is 4.74 Å². The summed E-state index contributed by atoms with van der Waals surface area (Å²) in [7, 11) is 1.52. The lowest BCUT2D eigenvalue weighted by Crippen LogP contribution is -2.63. The van der Waals surface area contributed by atoms with Crippen molar-refractivity contribution in [3.8, 4) is 0 Å². The van der Waals surface area contributed by atoms with E-state index in [0.717, 1.165) is 69.1 Å². The summed E-state index contributed by atoms with van der Waals surface area (Å²) in [5.41, 5.74) is 1.48. The number of allylic oxidation sites excluding steroid dienone is 4. The summed E-state index contributed by atoms with van der Waals surface area (Å²) in [5, 5.41) is 3.21. The minimum Gasteiger partial charge on any atom is -0.365 e. The second kappa shape index (κ2) is 8.49. The van der Waals surface area contributed by atoms with E-state index in [-0.39, 0.29) is 33.0 Å². The molecule has 5 nitrogen and oxygen atoms in total. The second-order valence-electron chi connectivity index (χ2n) is 14.5. The number of carbonyl (C=O) groups is 3. The summed E-state index contributed by atoms with van der Waals surface area (Å²) in [6.07, 6.45) is 14.0. The fourth-order valence-electron chi connectivity index (χ4n) is 9.45. The van der Waals surface area contributed by atoms with E-state index in [1.54, 1.807) is 13.0 Å². The molecule has 5 aliphatic carbocycles. The van der Waals surface area contributed by atoms with Crippen molar-refractivity contribution in [1.29, 1.82) is 0 Å². The molecule has 3 saturated carbocycles. The Balaban J connectivity index is 1.59. The van der Waals surface area contributed by atoms with Crippen LogP contribution in [0.3, 0.4) is 0 Å². The zero-order chi connectivity index (χ0) is 27.9. The van der Waals surface area contributed by atoms with Crippen molar-refractivity contribution in [2.24, 2.45) is 33.0 Å². The molecule has 5 rings (SSSR count). The Morgan fingerprint density at radius 1 is 0.947 bits per heavy atom. The fraction of sp³-hybridized carbons (Fsp3) is 0.727. The SMILES string of the molecule is CCCNC(=O)[C@]1(C)CC[C@]2(C)CC[C@]3(C)C4=CC=C5C(=CC(=O)C(=O)[C@@]5(C)OC)[C@]4(C)CC[C@@]3(C)[C@@H]2C1. The topological polar surface area (TPSA) is 72.5 Å². The molecule has 0 aromatic carbocycles. The van der Waals surface area contributed by atoms with E-state index < -0.39 is 17.2 Å². The van der Waals surface area contributed by atoms with E-state index in [2.05, 4.69) is 59.0 Å². The number of carbonyl (C=O) groups excluding carboxylic acids is 3. The first-order valence-electron chi connectivity index (χ1n) is 14.7. The molecule has 38 heavy (non-hydrogen) atoms. The van der Waals surface area contributed by atoms with E-state index in [9.17, 15) is 14.4 Å². The molecule has 5 heteroatoms. The molecular weight excluding hydrogens is 474 g/mol. The zero-order valence-corrected chi connectivity index (χ0v) is 24.8. The molecule has 0 unspecified atom stereocenters. The third-order valence-corrected chi connectivity index (χ3v) is 12.5. The molecule has 1 amide bonds. The molecule has 0 aliphatic heterocycles. The van der Waals surface area contributed by atoms with Gasteiger partial charge < -0.3 is 10.1 Å². The molecular formula is C33H47NO4. The van der Waals surface area contributed by atoms with Gasteiger partial charge in [-0.05, 0) is 97.7 Å². The fourth-order valence-corrected chi connectivity index (χ4v) is 9.45. The average molecular weight is 522 g/mol. The number of rotatable bonds is 4. The van der Waals surface area contributed by atoms with Crippen LogP contribution in [0.2, 0.25) is 0 Å². The Labute approximate surface area is 228 Å². The maximum Gasteiger partial charge on any atom is 0.238 e. The monoisotopic (exact) mass is 521 g/mol. The quantitative estimate of drug-likeness (QED) is 0.442. The van der Waals surface area contributed by atoms with Gasteiger partial charge >= 0.3 is 0 Å². The summed E-state index contributed by atoms with van der Waals surface area (Å²) in [4.78, 5) is 39.2. The third kappa shape index (κ3) is 3.36. The molecule has 0 aromatic rings. The van der Waals surface area contributed by atoms with Crippen molar-refractivity contribution < 1.29 is 19.1 Å². The first-order chi connectivity index (χ1) is 17.7. The first-order valence-corrected chi connectivity index (χ1v) is 14.7. The van der Waals surface area contributed by atoms with Gasteiger partial charge in [0.25, 0.3) is 0 Å². The molecule has 7 atom stereocenters. The number of ketones is 2. The normalized spacial score (nSPS) is 46.0. The number of methoxy groups -OCH3 is 1. The van der Waals surface area contributed by atoms with Gasteiger partial charge in [-0.1, -0.05) is 59.3 Å². The van der Waals surface area contributed by atoms with Crippen molar-refractivity contribution in [3.05, 3.63) is 34.9 Å². The largest absolute Gasteiger partial charge is 0.365 e. The lowest BCUT2D eigenvalue weighted by Gasteiger charge is -2.70. The van der Waals surface area contributed by atoms with Gasteiger partial charge in [0.1, 0.15) is 0 Å². The van der Waals surface area contributed by atoms with E-state index in [1.165, 1.54) is 12.7 Å². The minimum absolute atomic E-state index is 0.0308. The minimum atomic E-state index is -1.24. The molecule has 1 N–H and O–H groups in total. The van der Waals surface area contributed by atoms with Crippen molar-refractivity contribution in [3.63, 3.8) is 0 Å². The highest BCUT2D eigenvalue weighted by Crippen LogP contribution is 2.75. The van der Waals surface area contributed by atoms with Gasteiger partial charge in [-0.25, -0.2) is 0 Å². The van der Waals surface area contributed by atoms with Crippen LogP contribution in [0.5, 0.6) is 0 Å². The first kappa shape index (κ1) is 27.6. The molecule has 0 bridgehead atoms. The van der Waals surface area contributed by atoms with Crippen LogP contribution in [0.25, 0.3) is 0 Å². The van der Waals surface area contributed by atoms with Crippen molar-refractivity contribution in [2.45, 2.75) is 105 Å². The average Bonchev–Trinajstić information content (AvgIpc) is 2.89. The lowest BCUT2D eigenvalue weighted by molar-refractivity contribution is -0.169. The van der Waals surface area contributed by atoms with Crippen molar-refractivity contribution >= 4 is 17.5 Å². The summed E-state index contributed by atoms with van der Waals surface area (Å²) >= 11 is 0. The highest BCUT2D eigenvalue weighted by Gasteiger charge is 2.68. The van der Waals surface area contributed by atoms with Gasteiger partial charge in [0.2, 0.25) is 17.5 Å². The maximum absolute atomic E-state index is 13.4. The highest BCUT2D eigenvalue weighted by molar-refractivity contribution is 6.46. The van der Waals surface area contributed by atoms with E-state index >= 15 is 0 Å². The summed E-state index contributed by atoms with van der Waals surface area (Å²) < 4.78 is 5.72. The van der Waals surface area contributed by atoms with Crippen LogP contribution in [-0.4, -0.2) is 36.7 Å². The number of nitrogens with one attached hydrogen (secondary N) is 1. The van der Waals surface area contributed by atoms with Crippen LogP contribution < -0.4 is 5.32 Å². The molecule has 0 aromatic heterocycles. The molecule has 0 spiro atoms. The molecule has 0 saturated heterocycles. The van der Waals surface area contributed by atoms with Crippen LogP contribution >= 0.6 is 0 Å². The van der Waals surface area contributed by atoms with Gasteiger partial charge in [0, 0.05) is 24.5 Å². The zero-order valence-electron chi connectivity index (χ0n) is 24.8. The molecule has 0 heterocycles. The maximum atomic E-state index is 13.4. The van der Waals surface area contributed by atoms with Crippen LogP contribution in [0, 0.1) is 33.0 Å². The van der Waals surface area contributed by atoms with Gasteiger partial charge in [-0.15, -0.1) is 0 Å². The number of hydrogen-bond donors (Lipinski definition) is 1. The number of ether oxygens (including phenoxy) is 1. The Bertz CT molecular complexity index is 1200. The van der Waals surface area contributed by atoms with Crippen LogP contribution in [-0.2, 0) is 19.1 Å². The standard InChI is InChI=1S/C33H47NO4/c1-9-18-34-27(37)29(3)13-12-28(2)14-16-31(5)24-11-10-21-22(19-23(35)26(36)33(21,7)38-8)30(24,4)15-17-32(31,6)25(28)20-29/h10-11,19,25H,9,12-18,20H2,1-8H3,(H,34,37)/t25-,28-,29-,30+,31-,32+,33+/m1/s1. The lowest BCUT2D eigenvalue weighted by atomic mass is 9.34. The van der Waals surface area contributed by atoms with Crippen LogP contribution in [0.15, 0.2) is 34.9 Å². The van der Waals surface area contributed by atoms with Gasteiger partial charge in [0.05, 0.1) is 0 Å². The van der Waals surface area contributed by atoms with Crippen LogP contribution in [0.4, 0.5) is 0 Å². The Morgan fingerprint density at radius 2 is 1.63 bits per heavy atom. The number of Topliss-reactive ketones (excluding diaryl/α,β-unsaturated/α-hetero) is 1. The highest BCUT2D eigenvalue weighted by atomic mass is 16.5.